The van der Waals surface area contributed by atoms with Gasteiger partial charge in [0.15, 0.2) is 4.80 Å². The Kier molecular flexibility index (Phi) is 7.07. The van der Waals surface area contributed by atoms with Crippen LogP contribution in [0.25, 0.3) is 6.08 Å². The van der Waals surface area contributed by atoms with Crippen molar-refractivity contribution >= 4 is 23.4 Å². The molecule has 0 amide bonds. The van der Waals surface area contributed by atoms with Crippen LogP contribution in [0.4, 0.5) is 0 Å². The molecule has 35 heavy (non-hydrogen) atoms. The molecule has 0 N–H and O–H groups in total. The lowest BCUT2D eigenvalue weighted by Gasteiger charge is -2.26. The topological polar surface area (TPSA) is 88.4 Å². The maximum atomic E-state index is 13.8. The van der Waals surface area contributed by atoms with Gasteiger partial charge in [-0.15, -0.1) is 0 Å². The number of ether oxygens (including phenoxy) is 4. The Morgan fingerprint density at radius 1 is 1.09 bits per heavy atom. The minimum atomic E-state index is -0.810. The Morgan fingerprint density at radius 3 is 2.51 bits per heavy atom. The van der Waals surface area contributed by atoms with E-state index >= 15 is 0 Å². The van der Waals surface area contributed by atoms with Crippen molar-refractivity contribution in [3.63, 3.8) is 0 Å². The van der Waals surface area contributed by atoms with Gasteiger partial charge in [-0.05, 0) is 44.2 Å². The zero-order valence-electron chi connectivity index (χ0n) is 20.2. The number of hydrogen-bond donors (Lipinski definition) is 0. The van der Waals surface area contributed by atoms with Crippen molar-refractivity contribution in [3.8, 4) is 17.2 Å². The van der Waals surface area contributed by atoms with Crippen LogP contribution in [0.2, 0.25) is 0 Å². The molecular weight excluding hydrogens is 468 g/mol. The van der Waals surface area contributed by atoms with Crippen molar-refractivity contribution in [1.29, 1.82) is 0 Å². The van der Waals surface area contributed by atoms with Gasteiger partial charge in [0.05, 0.1) is 43.7 Å². The Bertz CT molecular complexity index is 1480. The van der Waals surface area contributed by atoms with E-state index in [1.165, 1.54) is 23.0 Å². The molecular formula is C26H26N2O6S. The molecule has 0 fully saturated rings. The zero-order chi connectivity index (χ0) is 25.1. The Balaban J connectivity index is 2.03. The van der Waals surface area contributed by atoms with Crippen molar-refractivity contribution in [3.05, 3.63) is 84.5 Å². The number of carbonyl (C=O) groups excluding carboxylic acids is 1. The summed E-state index contributed by atoms with van der Waals surface area (Å²) in [5.41, 5.74) is 1.81. The number of carbonyl (C=O) groups is 1. The number of esters is 1. The van der Waals surface area contributed by atoms with Gasteiger partial charge in [0, 0.05) is 11.1 Å². The Labute approximate surface area is 206 Å². The third-order valence-corrected chi connectivity index (χ3v) is 6.66. The molecule has 0 spiro atoms. The van der Waals surface area contributed by atoms with Gasteiger partial charge in [-0.1, -0.05) is 29.5 Å². The van der Waals surface area contributed by atoms with Gasteiger partial charge in [-0.2, -0.15) is 0 Å². The molecule has 1 atom stereocenters. The number of thiazole rings is 1. The van der Waals surface area contributed by atoms with E-state index in [1.54, 1.807) is 52.3 Å². The SMILES string of the molecule is CCOC(=O)C1=C(C)N=c2s/c(=C/c3ccccc3OC)c(=O)n2[C@@H]1c1cc(OC)ccc1OC. The van der Waals surface area contributed by atoms with E-state index in [9.17, 15) is 9.59 Å². The molecule has 0 unspecified atom stereocenters. The maximum Gasteiger partial charge on any atom is 0.338 e. The van der Waals surface area contributed by atoms with Gasteiger partial charge >= 0.3 is 5.97 Å². The highest BCUT2D eigenvalue weighted by Gasteiger charge is 2.35. The lowest BCUT2D eigenvalue weighted by atomic mass is 9.94. The molecule has 0 radical (unpaired) electrons. The van der Waals surface area contributed by atoms with Crippen molar-refractivity contribution in [2.24, 2.45) is 4.99 Å². The highest BCUT2D eigenvalue weighted by atomic mass is 32.1. The number of methoxy groups -OCH3 is 3. The molecule has 0 saturated heterocycles. The lowest BCUT2D eigenvalue weighted by Crippen LogP contribution is -2.40. The summed E-state index contributed by atoms with van der Waals surface area (Å²) in [7, 11) is 4.67. The van der Waals surface area contributed by atoms with Crippen LogP contribution < -0.4 is 29.1 Å². The summed E-state index contributed by atoms with van der Waals surface area (Å²) < 4.78 is 23.8. The quantitative estimate of drug-likeness (QED) is 0.470. The molecule has 4 rings (SSSR count). The highest BCUT2D eigenvalue weighted by Crippen LogP contribution is 2.37. The number of rotatable bonds is 7. The van der Waals surface area contributed by atoms with Crippen LogP contribution in [-0.4, -0.2) is 38.5 Å². The van der Waals surface area contributed by atoms with Gasteiger partial charge in [0.25, 0.3) is 5.56 Å². The van der Waals surface area contributed by atoms with E-state index in [2.05, 4.69) is 4.99 Å². The first-order valence-electron chi connectivity index (χ1n) is 11.0. The fourth-order valence-electron chi connectivity index (χ4n) is 4.07. The molecule has 1 aliphatic rings. The molecule has 0 bridgehead atoms. The number of para-hydroxylation sites is 1. The number of fused-ring (bicyclic) bond motifs is 1. The van der Waals surface area contributed by atoms with E-state index in [0.29, 0.717) is 37.8 Å². The molecule has 2 aromatic carbocycles. The Morgan fingerprint density at radius 2 is 1.83 bits per heavy atom. The van der Waals surface area contributed by atoms with Gasteiger partial charge in [-0.25, -0.2) is 9.79 Å². The van der Waals surface area contributed by atoms with E-state index in [1.807, 2.05) is 24.3 Å². The van der Waals surface area contributed by atoms with Crippen LogP contribution in [0.1, 0.15) is 31.0 Å². The van der Waals surface area contributed by atoms with Crippen molar-refractivity contribution in [2.45, 2.75) is 19.9 Å². The van der Waals surface area contributed by atoms with Crippen LogP contribution in [0.15, 0.2) is 63.5 Å². The van der Waals surface area contributed by atoms with Crippen LogP contribution in [0.5, 0.6) is 17.2 Å². The average molecular weight is 495 g/mol. The summed E-state index contributed by atoms with van der Waals surface area (Å²) >= 11 is 1.24. The fraction of sp³-hybridized carbons (Fsp3) is 0.269. The molecule has 0 aliphatic carbocycles. The summed E-state index contributed by atoms with van der Waals surface area (Å²) in [6.07, 6.45) is 1.77. The van der Waals surface area contributed by atoms with Crippen LogP contribution in [0.3, 0.4) is 0 Å². The molecule has 9 heteroatoms. The number of allylic oxidation sites excluding steroid dienone is 1. The van der Waals surface area contributed by atoms with Crippen molar-refractivity contribution < 1.29 is 23.7 Å². The van der Waals surface area contributed by atoms with Crippen molar-refractivity contribution in [2.75, 3.05) is 27.9 Å². The second kappa shape index (κ2) is 10.2. The predicted octanol–water partition coefficient (Wildman–Crippen LogP) is 2.82. The minimum absolute atomic E-state index is 0.190. The summed E-state index contributed by atoms with van der Waals surface area (Å²) in [4.78, 5) is 32.0. The zero-order valence-corrected chi connectivity index (χ0v) is 21.0. The molecule has 0 saturated carbocycles. The van der Waals surface area contributed by atoms with E-state index in [-0.39, 0.29) is 17.7 Å². The summed E-state index contributed by atoms with van der Waals surface area (Å²) in [5.74, 6) is 1.18. The largest absolute Gasteiger partial charge is 0.497 e. The molecule has 1 aromatic heterocycles. The number of aromatic nitrogens is 1. The first-order chi connectivity index (χ1) is 16.9. The summed E-state index contributed by atoms with van der Waals surface area (Å²) in [6.45, 7) is 3.66. The molecule has 8 nitrogen and oxygen atoms in total. The van der Waals surface area contributed by atoms with E-state index < -0.39 is 12.0 Å². The van der Waals surface area contributed by atoms with Crippen molar-refractivity contribution in [1.82, 2.24) is 4.57 Å². The maximum absolute atomic E-state index is 13.8. The third-order valence-electron chi connectivity index (χ3n) is 5.67. The van der Waals surface area contributed by atoms with Crippen LogP contribution >= 0.6 is 11.3 Å². The minimum Gasteiger partial charge on any atom is -0.497 e. The predicted molar refractivity (Wildman–Crippen MR) is 133 cm³/mol. The number of benzene rings is 2. The number of hydrogen-bond acceptors (Lipinski definition) is 8. The van der Waals surface area contributed by atoms with Crippen LogP contribution in [0, 0.1) is 0 Å². The highest BCUT2D eigenvalue weighted by molar-refractivity contribution is 7.07. The molecule has 2 heterocycles. The lowest BCUT2D eigenvalue weighted by molar-refractivity contribution is -0.139. The first-order valence-corrected chi connectivity index (χ1v) is 11.8. The fourth-order valence-corrected chi connectivity index (χ4v) is 5.10. The monoisotopic (exact) mass is 494 g/mol. The number of nitrogens with zero attached hydrogens (tertiary/aromatic N) is 2. The van der Waals surface area contributed by atoms with Crippen LogP contribution in [-0.2, 0) is 9.53 Å². The molecule has 182 valence electrons. The van der Waals surface area contributed by atoms with Gasteiger partial charge in [0.1, 0.15) is 23.3 Å². The van der Waals surface area contributed by atoms with Gasteiger partial charge in [0.2, 0.25) is 0 Å². The summed E-state index contributed by atoms with van der Waals surface area (Å²) in [5, 5.41) is 0. The van der Waals surface area contributed by atoms with E-state index in [0.717, 1.165) is 5.56 Å². The van der Waals surface area contributed by atoms with Gasteiger partial charge < -0.3 is 18.9 Å². The normalized spacial score (nSPS) is 15.3. The molecule has 3 aromatic rings. The smallest absolute Gasteiger partial charge is 0.338 e. The average Bonchev–Trinajstić information content (AvgIpc) is 3.17. The third kappa shape index (κ3) is 4.46. The molecule has 1 aliphatic heterocycles. The van der Waals surface area contributed by atoms with E-state index in [4.69, 9.17) is 18.9 Å². The standard InChI is InChI=1S/C26H26N2O6S/c1-6-34-25(30)22-15(2)27-26-28(23(22)18-14-17(31-3)11-12-20(18)33-5)24(29)21(35-26)13-16-9-7-8-10-19(16)32-4/h7-14,23H,6H2,1-5H3/b21-13+/t23-/m1/s1. The Hall–Kier alpha value is -3.85. The second-order valence-corrected chi connectivity index (χ2v) is 8.66. The second-order valence-electron chi connectivity index (χ2n) is 7.65. The van der Waals surface area contributed by atoms with Gasteiger partial charge in [-0.3, -0.25) is 9.36 Å². The summed E-state index contributed by atoms with van der Waals surface area (Å²) in [6, 6.07) is 11.9. The first kappa shape index (κ1) is 24.3.